The van der Waals surface area contributed by atoms with Crippen molar-refractivity contribution in [1.82, 2.24) is 5.32 Å². The Bertz CT molecular complexity index is 1050. The van der Waals surface area contributed by atoms with Gasteiger partial charge in [0.1, 0.15) is 11.5 Å². The van der Waals surface area contributed by atoms with Gasteiger partial charge in [0.25, 0.3) is 0 Å². The first-order valence-corrected chi connectivity index (χ1v) is 9.98. The van der Waals surface area contributed by atoms with E-state index in [0.717, 1.165) is 10.2 Å². The van der Waals surface area contributed by atoms with E-state index in [9.17, 15) is 4.79 Å². The van der Waals surface area contributed by atoms with Crippen LogP contribution in [0, 0.1) is 0 Å². The van der Waals surface area contributed by atoms with Crippen molar-refractivity contribution >= 4 is 74.1 Å². The number of rotatable bonds is 4. The molecule has 4 nitrogen and oxygen atoms in total. The van der Waals surface area contributed by atoms with Crippen molar-refractivity contribution in [3.8, 4) is 11.3 Å². The minimum Gasteiger partial charge on any atom is -0.457 e. The average Bonchev–Trinajstić information content (AvgIpc) is 3.13. The lowest BCUT2D eigenvalue weighted by atomic mass is 10.2. The minimum absolute atomic E-state index is 0.197. The fourth-order valence-corrected chi connectivity index (χ4v) is 3.16. The molecule has 3 rings (SSSR count). The number of hydrogen-bond acceptors (Lipinski definition) is 3. The topological polar surface area (TPSA) is 54.3 Å². The zero-order valence-electron chi connectivity index (χ0n) is 14.2. The maximum atomic E-state index is 12.0. The SMILES string of the molecule is O=C(C=Cc1ccc(-c2cccc(Cl)c2Cl)o1)NC(=S)Nc1ccc(Br)cc1. The van der Waals surface area contributed by atoms with Gasteiger partial charge in [-0.05, 0) is 66.8 Å². The van der Waals surface area contributed by atoms with Crippen molar-refractivity contribution in [2.24, 2.45) is 0 Å². The lowest BCUT2D eigenvalue weighted by Crippen LogP contribution is -2.32. The van der Waals surface area contributed by atoms with Crippen LogP contribution in [-0.2, 0) is 4.79 Å². The first-order chi connectivity index (χ1) is 13.4. The highest BCUT2D eigenvalue weighted by atomic mass is 79.9. The second kappa shape index (κ2) is 9.39. The highest BCUT2D eigenvalue weighted by Gasteiger charge is 2.10. The monoisotopic (exact) mass is 494 g/mol. The van der Waals surface area contributed by atoms with Gasteiger partial charge >= 0.3 is 0 Å². The molecule has 0 aliphatic carbocycles. The molecular formula is C20H13BrCl2N2O2S. The van der Waals surface area contributed by atoms with Crippen LogP contribution in [0.1, 0.15) is 5.76 Å². The van der Waals surface area contributed by atoms with Crippen LogP contribution in [-0.4, -0.2) is 11.0 Å². The summed E-state index contributed by atoms with van der Waals surface area (Å²) in [6, 6.07) is 16.2. The van der Waals surface area contributed by atoms with E-state index in [2.05, 4.69) is 26.6 Å². The fraction of sp³-hybridized carbons (Fsp3) is 0. The second-order valence-electron chi connectivity index (χ2n) is 5.59. The third-order valence-corrected chi connectivity index (χ3v) is 5.13. The van der Waals surface area contributed by atoms with Gasteiger partial charge in [-0.1, -0.05) is 45.2 Å². The predicted molar refractivity (Wildman–Crippen MR) is 122 cm³/mol. The molecule has 0 unspecified atom stereocenters. The molecule has 0 atom stereocenters. The predicted octanol–water partition coefficient (Wildman–Crippen LogP) is 6.54. The summed E-state index contributed by atoms with van der Waals surface area (Å²) in [6.07, 6.45) is 2.87. The first-order valence-electron chi connectivity index (χ1n) is 8.02. The molecule has 8 heteroatoms. The van der Waals surface area contributed by atoms with Gasteiger partial charge in [0.15, 0.2) is 5.11 Å². The van der Waals surface area contributed by atoms with Gasteiger partial charge in [-0.3, -0.25) is 10.1 Å². The Labute approximate surface area is 185 Å². The summed E-state index contributed by atoms with van der Waals surface area (Å²) in [5, 5.41) is 6.55. The summed E-state index contributed by atoms with van der Waals surface area (Å²) in [4.78, 5) is 12.0. The third-order valence-electron chi connectivity index (χ3n) is 3.58. The molecule has 0 saturated carbocycles. The molecule has 3 aromatic rings. The number of nitrogens with one attached hydrogen (secondary N) is 2. The van der Waals surface area contributed by atoms with Crippen molar-refractivity contribution in [3.63, 3.8) is 0 Å². The van der Waals surface area contributed by atoms with Crippen LogP contribution in [0.4, 0.5) is 5.69 Å². The Hall–Kier alpha value is -2.12. The number of carbonyl (C=O) groups is 1. The zero-order chi connectivity index (χ0) is 20.1. The number of halogens is 3. The number of amides is 1. The Balaban J connectivity index is 1.60. The standard InChI is InChI=1S/C20H13BrCl2N2O2S/c21-12-4-6-13(7-5-12)24-20(28)25-18(26)11-9-14-8-10-17(27-14)15-2-1-3-16(22)19(15)23/h1-11H,(H2,24,25,26,28). The number of hydrogen-bond donors (Lipinski definition) is 2. The summed E-state index contributed by atoms with van der Waals surface area (Å²) in [5.74, 6) is 0.668. The smallest absolute Gasteiger partial charge is 0.250 e. The molecule has 0 saturated heterocycles. The van der Waals surface area contributed by atoms with E-state index in [1.54, 1.807) is 36.4 Å². The molecule has 1 amide bonds. The van der Waals surface area contributed by atoms with Crippen LogP contribution < -0.4 is 10.6 Å². The van der Waals surface area contributed by atoms with E-state index in [4.69, 9.17) is 39.8 Å². The minimum atomic E-state index is -0.381. The third kappa shape index (κ3) is 5.45. The molecule has 2 N–H and O–H groups in total. The molecule has 1 aromatic heterocycles. The maximum absolute atomic E-state index is 12.0. The van der Waals surface area contributed by atoms with Crippen molar-refractivity contribution in [2.75, 3.05) is 5.32 Å². The number of furan rings is 1. The van der Waals surface area contributed by atoms with E-state index >= 15 is 0 Å². The van der Waals surface area contributed by atoms with Crippen molar-refractivity contribution < 1.29 is 9.21 Å². The summed E-state index contributed by atoms with van der Waals surface area (Å²) < 4.78 is 6.66. The van der Waals surface area contributed by atoms with E-state index < -0.39 is 0 Å². The molecule has 1 heterocycles. The van der Waals surface area contributed by atoms with Crippen molar-refractivity contribution in [2.45, 2.75) is 0 Å². The van der Waals surface area contributed by atoms with Gasteiger partial charge < -0.3 is 9.73 Å². The van der Waals surface area contributed by atoms with E-state index in [1.807, 2.05) is 24.3 Å². The van der Waals surface area contributed by atoms with Gasteiger partial charge in [0.2, 0.25) is 5.91 Å². The van der Waals surface area contributed by atoms with Crippen LogP contribution in [0.5, 0.6) is 0 Å². The molecular weight excluding hydrogens is 483 g/mol. The molecule has 142 valence electrons. The maximum Gasteiger partial charge on any atom is 0.250 e. The van der Waals surface area contributed by atoms with Gasteiger partial charge in [0, 0.05) is 21.8 Å². The van der Waals surface area contributed by atoms with Gasteiger partial charge in [-0.25, -0.2) is 0 Å². The van der Waals surface area contributed by atoms with Crippen molar-refractivity contribution in [1.29, 1.82) is 0 Å². The summed E-state index contributed by atoms with van der Waals surface area (Å²) in [5.41, 5.74) is 1.45. The Kier molecular flexibility index (Phi) is 6.91. The molecule has 0 bridgehead atoms. The van der Waals surface area contributed by atoms with Crippen LogP contribution in [0.2, 0.25) is 10.0 Å². The highest BCUT2D eigenvalue weighted by Crippen LogP contribution is 2.34. The van der Waals surface area contributed by atoms with Crippen LogP contribution >= 0.6 is 51.3 Å². The van der Waals surface area contributed by atoms with Crippen molar-refractivity contribution in [3.05, 3.63) is 81.0 Å². The number of thiocarbonyl (C=S) groups is 1. The van der Waals surface area contributed by atoms with Crippen LogP contribution in [0.3, 0.4) is 0 Å². The summed E-state index contributed by atoms with van der Waals surface area (Å²) >= 11 is 20.7. The number of benzene rings is 2. The molecule has 0 fully saturated rings. The Morgan fingerprint density at radius 2 is 1.82 bits per heavy atom. The molecule has 0 spiro atoms. The summed E-state index contributed by atoms with van der Waals surface area (Å²) in [6.45, 7) is 0. The van der Waals surface area contributed by atoms with Gasteiger partial charge in [-0.15, -0.1) is 0 Å². The summed E-state index contributed by atoms with van der Waals surface area (Å²) in [7, 11) is 0. The van der Waals surface area contributed by atoms with Gasteiger partial charge in [0.05, 0.1) is 10.0 Å². The largest absolute Gasteiger partial charge is 0.457 e. The van der Waals surface area contributed by atoms with E-state index in [-0.39, 0.29) is 11.0 Å². The molecule has 0 radical (unpaired) electrons. The lowest BCUT2D eigenvalue weighted by Gasteiger charge is -2.07. The average molecular weight is 496 g/mol. The quantitative estimate of drug-likeness (QED) is 0.318. The lowest BCUT2D eigenvalue weighted by molar-refractivity contribution is -0.115. The van der Waals surface area contributed by atoms with E-state index in [0.29, 0.717) is 27.1 Å². The van der Waals surface area contributed by atoms with Crippen LogP contribution in [0.15, 0.2) is 69.6 Å². The Morgan fingerprint density at radius 3 is 2.57 bits per heavy atom. The number of anilines is 1. The highest BCUT2D eigenvalue weighted by molar-refractivity contribution is 9.10. The molecule has 2 aromatic carbocycles. The number of carbonyl (C=O) groups excluding carboxylic acids is 1. The second-order valence-corrected chi connectivity index (χ2v) is 7.70. The van der Waals surface area contributed by atoms with Crippen LogP contribution in [0.25, 0.3) is 17.4 Å². The fourth-order valence-electron chi connectivity index (χ4n) is 2.29. The molecule has 0 aliphatic rings. The normalized spacial score (nSPS) is 10.8. The first kappa shape index (κ1) is 20.6. The van der Waals surface area contributed by atoms with Gasteiger partial charge in [-0.2, -0.15) is 0 Å². The Morgan fingerprint density at radius 1 is 1.07 bits per heavy atom. The van der Waals surface area contributed by atoms with E-state index in [1.165, 1.54) is 6.08 Å². The molecule has 0 aliphatic heterocycles. The molecule has 28 heavy (non-hydrogen) atoms. The zero-order valence-corrected chi connectivity index (χ0v) is 18.1.